The fraction of sp³-hybridized carbons (Fsp3) is 0.545. The van der Waals surface area contributed by atoms with E-state index in [0.717, 1.165) is 38.5 Å². The van der Waals surface area contributed by atoms with Crippen molar-refractivity contribution in [1.82, 2.24) is 10.6 Å². The van der Waals surface area contributed by atoms with Crippen molar-refractivity contribution in [3.63, 3.8) is 0 Å². The summed E-state index contributed by atoms with van der Waals surface area (Å²) in [6, 6.07) is 6.49. The van der Waals surface area contributed by atoms with E-state index in [1.54, 1.807) is 24.3 Å². The Bertz CT molecular complexity index is 628. The molecular formula is C22H32N2O6. The van der Waals surface area contributed by atoms with Crippen molar-refractivity contribution in [1.29, 1.82) is 0 Å². The predicted molar refractivity (Wildman–Crippen MR) is 112 cm³/mol. The Hall–Kier alpha value is -2.90. The Morgan fingerprint density at radius 1 is 0.633 bits per heavy atom. The lowest BCUT2D eigenvalue weighted by molar-refractivity contribution is -0.141. The molecule has 0 radical (unpaired) electrons. The van der Waals surface area contributed by atoms with E-state index < -0.39 is 0 Å². The van der Waals surface area contributed by atoms with E-state index in [-0.39, 0.29) is 23.8 Å². The topological polar surface area (TPSA) is 111 Å². The summed E-state index contributed by atoms with van der Waals surface area (Å²) < 4.78 is 9.15. The molecule has 0 aromatic heterocycles. The molecule has 0 bridgehead atoms. The number of rotatable bonds is 14. The molecule has 0 aliphatic heterocycles. The van der Waals surface area contributed by atoms with Crippen LogP contribution in [0, 0.1) is 0 Å². The zero-order valence-electron chi connectivity index (χ0n) is 17.8. The average Bonchev–Trinajstić information content (AvgIpc) is 2.77. The van der Waals surface area contributed by atoms with Crippen molar-refractivity contribution < 1.29 is 28.7 Å². The van der Waals surface area contributed by atoms with Crippen LogP contribution in [0.15, 0.2) is 24.3 Å². The van der Waals surface area contributed by atoms with Crippen LogP contribution >= 0.6 is 0 Å². The third kappa shape index (κ3) is 10.6. The number of hydrogen-bond acceptors (Lipinski definition) is 6. The SMILES string of the molecule is COC(=O)CCCCCNC(=O)c1ccc(C(=O)NCCCCCC(=O)OC)cc1. The Kier molecular flexibility index (Phi) is 12.6. The lowest BCUT2D eigenvalue weighted by Gasteiger charge is -2.07. The number of ether oxygens (including phenoxy) is 2. The number of esters is 2. The summed E-state index contributed by atoms with van der Waals surface area (Å²) in [5.74, 6) is -0.829. The van der Waals surface area contributed by atoms with Gasteiger partial charge in [-0.1, -0.05) is 12.8 Å². The van der Waals surface area contributed by atoms with E-state index in [1.807, 2.05) is 0 Å². The predicted octanol–water partition coefficient (Wildman–Crippen LogP) is 2.61. The van der Waals surface area contributed by atoms with Crippen LogP contribution in [-0.4, -0.2) is 51.1 Å². The molecular weight excluding hydrogens is 388 g/mol. The maximum absolute atomic E-state index is 12.1. The smallest absolute Gasteiger partial charge is 0.305 e. The summed E-state index contributed by atoms with van der Waals surface area (Å²) in [7, 11) is 2.74. The molecule has 0 aliphatic rings. The maximum Gasteiger partial charge on any atom is 0.305 e. The molecule has 8 heteroatoms. The molecule has 1 rings (SSSR count). The van der Waals surface area contributed by atoms with Crippen molar-refractivity contribution in [3.05, 3.63) is 35.4 Å². The van der Waals surface area contributed by atoms with Gasteiger partial charge in [0.05, 0.1) is 14.2 Å². The van der Waals surface area contributed by atoms with E-state index in [2.05, 4.69) is 20.1 Å². The fourth-order valence-electron chi connectivity index (χ4n) is 2.73. The molecule has 0 saturated heterocycles. The summed E-state index contributed by atoms with van der Waals surface area (Å²) >= 11 is 0. The van der Waals surface area contributed by atoms with Gasteiger partial charge in [-0.25, -0.2) is 0 Å². The zero-order valence-corrected chi connectivity index (χ0v) is 17.8. The summed E-state index contributed by atoms with van der Waals surface area (Å²) in [6.07, 6.45) is 5.47. The lowest BCUT2D eigenvalue weighted by Crippen LogP contribution is -2.26. The van der Waals surface area contributed by atoms with Crippen LogP contribution < -0.4 is 10.6 Å². The van der Waals surface area contributed by atoms with Crippen molar-refractivity contribution in [2.75, 3.05) is 27.3 Å². The van der Waals surface area contributed by atoms with Gasteiger partial charge in [-0.05, 0) is 49.9 Å². The van der Waals surface area contributed by atoms with Gasteiger partial charge in [-0.3, -0.25) is 19.2 Å². The molecule has 0 saturated carbocycles. The van der Waals surface area contributed by atoms with Gasteiger partial charge in [-0.15, -0.1) is 0 Å². The minimum atomic E-state index is -0.221. The summed E-state index contributed by atoms with van der Waals surface area (Å²) in [4.78, 5) is 46.3. The van der Waals surface area contributed by atoms with Crippen LogP contribution in [0.3, 0.4) is 0 Å². The number of methoxy groups -OCH3 is 2. The number of unbranched alkanes of at least 4 members (excludes halogenated alkanes) is 4. The third-order valence-electron chi connectivity index (χ3n) is 4.55. The second-order valence-electron chi connectivity index (χ2n) is 6.86. The van der Waals surface area contributed by atoms with Crippen LogP contribution in [0.1, 0.15) is 72.1 Å². The summed E-state index contributed by atoms with van der Waals surface area (Å²) in [6.45, 7) is 1.05. The van der Waals surface area contributed by atoms with Crippen LogP contribution in [0.4, 0.5) is 0 Å². The molecule has 1 aromatic carbocycles. The van der Waals surface area contributed by atoms with Crippen LogP contribution in [0.25, 0.3) is 0 Å². The lowest BCUT2D eigenvalue weighted by atomic mass is 10.1. The maximum atomic E-state index is 12.1. The Morgan fingerprint density at radius 3 is 1.33 bits per heavy atom. The van der Waals surface area contributed by atoms with Gasteiger partial charge in [0.2, 0.25) is 0 Å². The molecule has 8 nitrogen and oxygen atoms in total. The highest BCUT2D eigenvalue weighted by molar-refractivity contribution is 5.97. The first-order valence-electron chi connectivity index (χ1n) is 10.3. The number of amides is 2. The first kappa shape index (κ1) is 25.1. The van der Waals surface area contributed by atoms with Gasteiger partial charge in [-0.2, -0.15) is 0 Å². The minimum Gasteiger partial charge on any atom is -0.469 e. The number of hydrogen-bond donors (Lipinski definition) is 2. The van der Waals surface area contributed by atoms with Crippen molar-refractivity contribution >= 4 is 23.8 Å². The van der Waals surface area contributed by atoms with E-state index in [0.29, 0.717) is 37.1 Å². The Balaban J connectivity index is 2.23. The molecule has 0 spiro atoms. The highest BCUT2D eigenvalue weighted by Crippen LogP contribution is 2.06. The van der Waals surface area contributed by atoms with Crippen molar-refractivity contribution in [2.45, 2.75) is 51.4 Å². The first-order chi connectivity index (χ1) is 14.5. The van der Waals surface area contributed by atoms with Crippen LogP contribution in [0.2, 0.25) is 0 Å². The van der Waals surface area contributed by atoms with Gasteiger partial charge in [0.15, 0.2) is 0 Å². The van der Waals surface area contributed by atoms with Crippen LogP contribution in [-0.2, 0) is 19.1 Å². The second kappa shape index (κ2) is 15.0. The van der Waals surface area contributed by atoms with E-state index in [4.69, 9.17) is 0 Å². The normalized spacial score (nSPS) is 10.2. The minimum absolute atomic E-state index is 0.194. The molecule has 0 fully saturated rings. The molecule has 2 N–H and O–H groups in total. The van der Waals surface area contributed by atoms with Gasteiger partial charge in [0.25, 0.3) is 11.8 Å². The summed E-state index contributed by atoms with van der Waals surface area (Å²) in [5.41, 5.74) is 0.979. The van der Waals surface area contributed by atoms with E-state index >= 15 is 0 Å². The first-order valence-corrected chi connectivity index (χ1v) is 10.3. The summed E-state index contributed by atoms with van der Waals surface area (Å²) in [5, 5.41) is 5.65. The average molecular weight is 421 g/mol. The van der Waals surface area contributed by atoms with Gasteiger partial charge in [0, 0.05) is 37.1 Å². The molecule has 0 atom stereocenters. The van der Waals surface area contributed by atoms with Gasteiger partial charge < -0.3 is 20.1 Å². The van der Waals surface area contributed by atoms with E-state index in [9.17, 15) is 19.2 Å². The third-order valence-corrected chi connectivity index (χ3v) is 4.55. The molecule has 1 aromatic rings. The van der Waals surface area contributed by atoms with Crippen molar-refractivity contribution in [3.8, 4) is 0 Å². The molecule has 166 valence electrons. The standard InChI is InChI=1S/C22H32N2O6/c1-29-19(25)9-5-3-7-15-23-21(27)17-11-13-18(14-12-17)22(28)24-16-8-4-6-10-20(26)30-2/h11-14H,3-10,15-16H2,1-2H3,(H,23,27)(H,24,28). The number of carbonyl (C=O) groups excluding carboxylic acids is 4. The fourth-order valence-corrected chi connectivity index (χ4v) is 2.73. The Labute approximate surface area is 177 Å². The monoisotopic (exact) mass is 420 g/mol. The Morgan fingerprint density at radius 2 is 1.00 bits per heavy atom. The number of carbonyl (C=O) groups is 4. The number of nitrogens with one attached hydrogen (secondary N) is 2. The quantitative estimate of drug-likeness (QED) is 0.354. The highest BCUT2D eigenvalue weighted by atomic mass is 16.5. The second-order valence-corrected chi connectivity index (χ2v) is 6.86. The molecule has 0 aliphatic carbocycles. The molecule has 30 heavy (non-hydrogen) atoms. The van der Waals surface area contributed by atoms with E-state index in [1.165, 1.54) is 14.2 Å². The molecule has 0 unspecified atom stereocenters. The largest absolute Gasteiger partial charge is 0.469 e. The van der Waals surface area contributed by atoms with Crippen molar-refractivity contribution in [2.24, 2.45) is 0 Å². The molecule has 2 amide bonds. The zero-order chi connectivity index (χ0) is 22.2. The molecule has 0 heterocycles. The number of benzene rings is 1. The highest BCUT2D eigenvalue weighted by Gasteiger charge is 2.09. The van der Waals surface area contributed by atoms with Gasteiger partial charge >= 0.3 is 11.9 Å². The van der Waals surface area contributed by atoms with Gasteiger partial charge in [0.1, 0.15) is 0 Å². The van der Waals surface area contributed by atoms with Crippen LogP contribution in [0.5, 0.6) is 0 Å².